The van der Waals surface area contributed by atoms with Crippen LogP contribution < -0.4 is 9.47 Å². The zero-order valence-electron chi connectivity index (χ0n) is 13.7. The molecule has 0 radical (unpaired) electrons. The predicted molar refractivity (Wildman–Crippen MR) is 93.1 cm³/mol. The van der Waals surface area contributed by atoms with Gasteiger partial charge in [-0.25, -0.2) is 4.79 Å². The van der Waals surface area contributed by atoms with Gasteiger partial charge in [-0.05, 0) is 42.8 Å². The highest BCUT2D eigenvalue weighted by molar-refractivity contribution is 6.30. The largest absolute Gasteiger partial charge is 0.481 e. The Kier molecular flexibility index (Phi) is 4.76. The highest BCUT2D eigenvalue weighted by Crippen LogP contribution is 2.39. The zero-order valence-corrected chi connectivity index (χ0v) is 14.4. The fraction of sp³-hybridized carbons (Fsp3) is 0.158. The Morgan fingerprint density at radius 1 is 1.28 bits per heavy atom. The van der Waals surface area contributed by atoms with E-state index in [0.29, 0.717) is 27.6 Å². The number of benzene rings is 2. The summed E-state index contributed by atoms with van der Waals surface area (Å²) in [6, 6.07) is 10.4. The van der Waals surface area contributed by atoms with Gasteiger partial charge >= 0.3 is 5.97 Å². The molecule has 2 aromatic carbocycles. The molecule has 0 fully saturated rings. The number of fused-ring (bicyclic) bond motifs is 1. The fourth-order valence-corrected chi connectivity index (χ4v) is 2.67. The molecule has 5 nitrogen and oxygen atoms in total. The highest BCUT2D eigenvalue weighted by Gasteiger charge is 2.30. The summed E-state index contributed by atoms with van der Waals surface area (Å²) in [4.78, 5) is 23.7. The highest BCUT2D eigenvalue weighted by atomic mass is 35.5. The molecule has 0 amide bonds. The van der Waals surface area contributed by atoms with E-state index in [2.05, 4.69) is 4.74 Å². The monoisotopic (exact) mass is 358 g/mol. The lowest BCUT2D eigenvalue weighted by Gasteiger charge is -2.10. The first-order chi connectivity index (χ1) is 12.0. The molecular weight excluding hydrogens is 344 g/mol. The quantitative estimate of drug-likeness (QED) is 0.614. The Hall–Kier alpha value is -2.79. The molecule has 0 unspecified atom stereocenters. The van der Waals surface area contributed by atoms with Gasteiger partial charge < -0.3 is 14.2 Å². The lowest BCUT2D eigenvalue weighted by Crippen LogP contribution is -2.13. The van der Waals surface area contributed by atoms with Crippen molar-refractivity contribution in [2.24, 2.45) is 0 Å². The van der Waals surface area contributed by atoms with Gasteiger partial charge in [-0.1, -0.05) is 23.7 Å². The summed E-state index contributed by atoms with van der Waals surface area (Å²) < 4.78 is 15.7. The average molecular weight is 359 g/mol. The molecule has 2 aromatic rings. The number of hydrogen-bond donors (Lipinski definition) is 0. The molecule has 0 spiro atoms. The van der Waals surface area contributed by atoms with E-state index in [1.165, 1.54) is 7.11 Å². The van der Waals surface area contributed by atoms with Gasteiger partial charge in [-0.2, -0.15) is 0 Å². The first-order valence-electron chi connectivity index (χ1n) is 7.52. The Balaban J connectivity index is 1.88. The maximum atomic E-state index is 12.5. The Bertz CT molecular complexity index is 885. The maximum absolute atomic E-state index is 12.5. The summed E-state index contributed by atoms with van der Waals surface area (Å²) in [7, 11) is 1.29. The van der Waals surface area contributed by atoms with Crippen molar-refractivity contribution in [1.82, 2.24) is 0 Å². The third-order valence-electron chi connectivity index (χ3n) is 3.76. The summed E-state index contributed by atoms with van der Waals surface area (Å²) in [5, 5.41) is 0.576. The number of halogens is 1. The molecule has 0 saturated carbocycles. The van der Waals surface area contributed by atoms with Crippen LogP contribution in [0.25, 0.3) is 6.08 Å². The van der Waals surface area contributed by atoms with Gasteiger partial charge in [0.1, 0.15) is 11.5 Å². The Morgan fingerprint density at radius 2 is 2.08 bits per heavy atom. The van der Waals surface area contributed by atoms with Crippen LogP contribution in [-0.2, 0) is 9.53 Å². The standard InChI is InChI=1S/C19H15ClO5/c1-11-15(24-10-17(21)23-2)7-6-14-18(22)16(25-19(11)14)9-12-4-3-5-13(20)8-12/h3-9H,10H2,1-2H3/b16-9-. The molecule has 0 aliphatic carbocycles. The third-order valence-corrected chi connectivity index (χ3v) is 3.99. The number of carbonyl (C=O) groups is 2. The van der Waals surface area contributed by atoms with Crippen molar-refractivity contribution in [1.29, 1.82) is 0 Å². The van der Waals surface area contributed by atoms with Crippen LogP contribution in [0.1, 0.15) is 21.5 Å². The second-order valence-corrected chi connectivity index (χ2v) is 5.86. The van der Waals surface area contributed by atoms with Gasteiger partial charge in [0.2, 0.25) is 5.78 Å². The van der Waals surface area contributed by atoms with Crippen molar-refractivity contribution in [3.05, 3.63) is 63.9 Å². The van der Waals surface area contributed by atoms with Crippen molar-refractivity contribution in [2.45, 2.75) is 6.92 Å². The zero-order chi connectivity index (χ0) is 18.0. The van der Waals surface area contributed by atoms with Crippen LogP contribution in [-0.4, -0.2) is 25.5 Å². The van der Waals surface area contributed by atoms with Crippen LogP contribution in [0, 0.1) is 6.92 Å². The molecule has 6 heteroatoms. The van der Waals surface area contributed by atoms with Crippen LogP contribution in [0.5, 0.6) is 11.5 Å². The number of allylic oxidation sites excluding steroid dienone is 1. The molecule has 0 N–H and O–H groups in total. The molecule has 0 bridgehead atoms. The van der Waals surface area contributed by atoms with Gasteiger partial charge in [0.25, 0.3) is 0 Å². The molecule has 1 heterocycles. The van der Waals surface area contributed by atoms with E-state index in [-0.39, 0.29) is 18.1 Å². The lowest BCUT2D eigenvalue weighted by molar-refractivity contribution is -0.142. The molecule has 0 atom stereocenters. The maximum Gasteiger partial charge on any atom is 0.343 e. The fourth-order valence-electron chi connectivity index (χ4n) is 2.47. The van der Waals surface area contributed by atoms with Gasteiger partial charge in [-0.3, -0.25) is 4.79 Å². The van der Waals surface area contributed by atoms with E-state index in [9.17, 15) is 9.59 Å². The summed E-state index contributed by atoms with van der Waals surface area (Å²) >= 11 is 5.96. The van der Waals surface area contributed by atoms with Crippen LogP contribution in [0.3, 0.4) is 0 Å². The van der Waals surface area contributed by atoms with Crippen molar-refractivity contribution in [2.75, 3.05) is 13.7 Å². The topological polar surface area (TPSA) is 61.8 Å². The van der Waals surface area contributed by atoms with Crippen molar-refractivity contribution in [3.8, 4) is 11.5 Å². The van der Waals surface area contributed by atoms with Gasteiger partial charge in [0.15, 0.2) is 12.4 Å². The van der Waals surface area contributed by atoms with Crippen molar-refractivity contribution in [3.63, 3.8) is 0 Å². The minimum absolute atomic E-state index is 0.211. The molecule has 3 rings (SSSR count). The van der Waals surface area contributed by atoms with Crippen LogP contribution >= 0.6 is 11.6 Å². The average Bonchev–Trinajstić information content (AvgIpc) is 2.91. The molecule has 128 valence electrons. The number of rotatable bonds is 4. The lowest BCUT2D eigenvalue weighted by atomic mass is 10.1. The smallest absolute Gasteiger partial charge is 0.343 e. The molecule has 1 aliphatic rings. The summed E-state index contributed by atoms with van der Waals surface area (Å²) in [6.07, 6.45) is 1.64. The number of Topliss-reactive ketones (excluding diaryl/α,β-unsaturated/α-hetero) is 1. The molecular formula is C19H15ClO5. The first kappa shape index (κ1) is 17.0. The van der Waals surface area contributed by atoms with Crippen molar-refractivity contribution >= 4 is 29.4 Å². The second kappa shape index (κ2) is 6.99. The number of ether oxygens (including phenoxy) is 3. The number of esters is 1. The van der Waals surface area contributed by atoms with Gasteiger partial charge in [0, 0.05) is 10.6 Å². The summed E-state index contributed by atoms with van der Waals surface area (Å²) in [5.41, 5.74) is 1.86. The molecule has 25 heavy (non-hydrogen) atoms. The van der Waals surface area contributed by atoms with Gasteiger partial charge in [-0.15, -0.1) is 0 Å². The van der Waals surface area contributed by atoms with E-state index in [1.54, 1.807) is 43.3 Å². The number of hydrogen-bond acceptors (Lipinski definition) is 5. The number of ketones is 1. The van der Waals surface area contributed by atoms with E-state index < -0.39 is 5.97 Å². The van der Waals surface area contributed by atoms with Crippen LogP contribution in [0.4, 0.5) is 0 Å². The Morgan fingerprint density at radius 3 is 2.80 bits per heavy atom. The molecule has 0 aromatic heterocycles. The Labute approximate surface area is 149 Å². The second-order valence-electron chi connectivity index (χ2n) is 5.42. The third kappa shape index (κ3) is 3.51. The minimum atomic E-state index is -0.488. The molecule has 1 aliphatic heterocycles. The van der Waals surface area contributed by atoms with Crippen molar-refractivity contribution < 1.29 is 23.8 Å². The van der Waals surface area contributed by atoms with Gasteiger partial charge in [0.05, 0.1) is 12.7 Å². The SMILES string of the molecule is COC(=O)COc1ccc2c(c1C)O/C(=C\c1cccc(Cl)c1)C2=O. The summed E-state index contributed by atoms with van der Waals surface area (Å²) in [5.74, 6) is 0.406. The van der Waals surface area contributed by atoms with E-state index in [4.69, 9.17) is 21.1 Å². The summed E-state index contributed by atoms with van der Waals surface area (Å²) in [6.45, 7) is 1.55. The molecule has 0 saturated heterocycles. The number of carbonyl (C=O) groups excluding carboxylic acids is 2. The number of methoxy groups -OCH3 is 1. The van der Waals surface area contributed by atoms with E-state index in [0.717, 1.165) is 5.56 Å². The van der Waals surface area contributed by atoms with E-state index >= 15 is 0 Å². The van der Waals surface area contributed by atoms with Crippen LogP contribution in [0.2, 0.25) is 5.02 Å². The van der Waals surface area contributed by atoms with E-state index in [1.807, 2.05) is 6.07 Å². The minimum Gasteiger partial charge on any atom is -0.481 e. The normalized spacial score (nSPS) is 14.2. The first-order valence-corrected chi connectivity index (χ1v) is 7.90. The van der Waals surface area contributed by atoms with Crippen LogP contribution in [0.15, 0.2) is 42.2 Å². The predicted octanol–water partition coefficient (Wildman–Crippen LogP) is 3.82.